The van der Waals surface area contributed by atoms with E-state index in [0.29, 0.717) is 5.03 Å². The van der Waals surface area contributed by atoms with Crippen molar-refractivity contribution < 1.29 is 13.2 Å². The van der Waals surface area contributed by atoms with Gasteiger partial charge in [-0.1, -0.05) is 0 Å². The smallest absolute Gasteiger partial charge is 0.381 e. The van der Waals surface area contributed by atoms with Gasteiger partial charge in [-0.2, -0.15) is 13.2 Å². The van der Waals surface area contributed by atoms with E-state index in [-0.39, 0.29) is 11.6 Å². The molecule has 0 aromatic carbocycles. The van der Waals surface area contributed by atoms with E-state index >= 15 is 0 Å². The number of hydrogen-bond donors (Lipinski definition) is 1. The molecule has 0 fully saturated rings. The van der Waals surface area contributed by atoms with Crippen molar-refractivity contribution in [1.29, 1.82) is 0 Å². The monoisotopic (exact) mass is 223 g/mol. The Kier molecular flexibility index (Phi) is 3.56. The van der Waals surface area contributed by atoms with Crippen LogP contribution in [0.1, 0.15) is 6.42 Å². The molecule has 0 spiro atoms. The highest BCUT2D eigenvalue weighted by atomic mass is 32.2. The van der Waals surface area contributed by atoms with Crippen molar-refractivity contribution in [3.63, 3.8) is 0 Å². The number of nitrogen functional groups attached to an aromatic ring is 1. The number of nitrogens with two attached hydrogens (primary N) is 1. The lowest BCUT2D eigenvalue weighted by atomic mass is 10.5. The van der Waals surface area contributed by atoms with E-state index in [2.05, 4.69) is 9.97 Å². The van der Waals surface area contributed by atoms with Crippen molar-refractivity contribution in [3.05, 3.63) is 12.4 Å². The molecule has 1 aromatic heterocycles. The number of aromatic nitrogens is 2. The van der Waals surface area contributed by atoms with Crippen LogP contribution in [0.4, 0.5) is 19.0 Å². The van der Waals surface area contributed by atoms with Crippen LogP contribution >= 0.6 is 11.8 Å². The van der Waals surface area contributed by atoms with Crippen molar-refractivity contribution in [2.75, 3.05) is 11.5 Å². The summed E-state index contributed by atoms with van der Waals surface area (Å²) in [5, 5.41) is 0.344. The number of hydrogen-bond acceptors (Lipinski definition) is 4. The van der Waals surface area contributed by atoms with E-state index in [9.17, 15) is 13.2 Å². The fourth-order valence-electron chi connectivity index (χ4n) is 0.711. The summed E-state index contributed by atoms with van der Waals surface area (Å²) in [6.45, 7) is 0. The first kappa shape index (κ1) is 11.1. The first-order valence-corrected chi connectivity index (χ1v) is 4.73. The van der Waals surface area contributed by atoms with Crippen LogP contribution in [0.25, 0.3) is 0 Å². The molecule has 1 heterocycles. The summed E-state index contributed by atoms with van der Waals surface area (Å²) in [6, 6.07) is 0. The van der Waals surface area contributed by atoms with Gasteiger partial charge in [-0.3, -0.25) is 0 Å². The highest BCUT2D eigenvalue weighted by Crippen LogP contribution is 2.26. The highest BCUT2D eigenvalue weighted by molar-refractivity contribution is 7.99. The minimum absolute atomic E-state index is 0.0909. The number of nitrogens with zero attached hydrogens (tertiary/aromatic N) is 2. The fourth-order valence-corrected chi connectivity index (χ4v) is 1.57. The first-order valence-electron chi connectivity index (χ1n) is 3.75. The molecule has 7 heteroatoms. The number of thioether (sulfide) groups is 1. The predicted octanol–water partition coefficient (Wildman–Crippen LogP) is 2.10. The van der Waals surface area contributed by atoms with Crippen LogP contribution in [0, 0.1) is 0 Å². The lowest BCUT2D eigenvalue weighted by molar-refractivity contribution is -0.129. The molecular formula is C7H8F3N3S. The fraction of sp³-hybridized carbons (Fsp3) is 0.429. The summed E-state index contributed by atoms with van der Waals surface area (Å²) >= 11 is 0.955. The SMILES string of the molecule is Nc1nccnc1SCCC(F)(F)F. The van der Waals surface area contributed by atoms with Crippen LogP contribution in [-0.2, 0) is 0 Å². The second-order valence-electron chi connectivity index (χ2n) is 2.46. The van der Waals surface area contributed by atoms with Gasteiger partial charge < -0.3 is 5.73 Å². The maximum absolute atomic E-state index is 11.8. The molecule has 0 amide bonds. The standard InChI is InChI=1S/C7H8F3N3S/c8-7(9,10)1-4-14-6-5(11)12-2-3-13-6/h2-3H,1,4H2,(H2,11,12). The van der Waals surface area contributed by atoms with Crippen LogP contribution in [0.3, 0.4) is 0 Å². The van der Waals surface area contributed by atoms with Crippen LogP contribution in [0.15, 0.2) is 17.4 Å². The molecule has 0 atom stereocenters. The molecule has 0 unspecified atom stereocenters. The number of anilines is 1. The molecule has 0 radical (unpaired) electrons. The Morgan fingerprint density at radius 2 is 1.93 bits per heavy atom. The summed E-state index contributed by atoms with van der Waals surface area (Å²) in [6.07, 6.45) is -2.20. The highest BCUT2D eigenvalue weighted by Gasteiger charge is 2.26. The van der Waals surface area contributed by atoms with Crippen molar-refractivity contribution in [2.45, 2.75) is 17.6 Å². The first-order chi connectivity index (χ1) is 6.49. The summed E-state index contributed by atoms with van der Waals surface area (Å²) < 4.78 is 35.3. The van der Waals surface area contributed by atoms with Crippen molar-refractivity contribution in [1.82, 2.24) is 9.97 Å². The van der Waals surface area contributed by atoms with Crippen molar-refractivity contribution in [2.24, 2.45) is 0 Å². The van der Waals surface area contributed by atoms with Gasteiger partial charge in [0.25, 0.3) is 0 Å². The molecule has 0 bridgehead atoms. The average Bonchev–Trinajstić information content (AvgIpc) is 2.06. The van der Waals surface area contributed by atoms with Gasteiger partial charge in [-0.15, -0.1) is 11.8 Å². The molecule has 1 aromatic rings. The third-order valence-electron chi connectivity index (χ3n) is 1.32. The predicted molar refractivity (Wildman–Crippen MR) is 47.8 cm³/mol. The lowest BCUT2D eigenvalue weighted by Gasteiger charge is -2.05. The molecule has 0 saturated heterocycles. The Bertz CT molecular complexity index is 302. The summed E-state index contributed by atoms with van der Waals surface area (Å²) in [4.78, 5) is 7.51. The van der Waals surface area contributed by atoms with Crippen LogP contribution in [0.2, 0.25) is 0 Å². The van der Waals surface area contributed by atoms with Gasteiger partial charge in [0.2, 0.25) is 0 Å². The Morgan fingerprint density at radius 3 is 2.50 bits per heavy atom. The zero-order chi connectivity index (χ0) is 10.6. The molecule has 0 aliphatic carbocycles. The van der Waals surface area contributed by atoms with Gasteiger partial charge in [-0.05, 0) is 0 Å². The van der Waals surface area contributed by atoms with Gasteiger partial charge in [0.05, 0.1) is 6.42 Å². The molecular weight excluding hydrogens is 215 g/mol. The third kappa shape index (κ3) is 3.82. The molecule has 3 nitrogen and oxygen atoms in total. The maximum Gasteiger partial charge on any atom is 0.389 e. The van der Waals surface area contributed by atoms with Gasteiger partial charge in [0.1, 0.15) is 5.03 Å². The number of halogens is 3. The van der Waals surface area contributed by atoms with Crippen LogP contribution in [0.5, 0.6) is 0 Å². The second kappa shape index (κ2) is 4.50. The summed E-state index contributed by atoms with van der Waals surface area (Å²) in [5.74, 6) is 0.0755. The van der Waals surface area contributed by atoms with Gasteiger partial charge in [-0.25, -0.2) is 9.97 Å². The maximum atomic E-state index is 11.8. The molecule has 2 N–H and O–H groups in total. The van der Waals surface area contributed by atoms with E-state index in [1.165, 1.54) is 12.4 Å². The van der Waals surface area contributed by atoms with E-state index in [4.69, 9.17) is 5.73 Å². The Morgan fingerprint density at radius 1 is 1.29 bits per heavy atom. The number of rotatable bonds is 3. The van der Waals surface area contributed by atoms with Crippen molar-refractivity contribution in [3.8, 4) is 0 Å². The van der Waals surface area contributed by atoms with Gasteiger partial charge in [0, 0.05) is 18.1 Å². The minimum atomic E-state index is -4.13. The van der Waals surface area contributed by atoms with E-state index in [1.807, 2.05) is 0 Å². The largest absolute Gasteiger partial charge is 0.389 e. The van der Waals surface area contributed by atoms with E-state index in [0.717, 1.165) is 11.8 Å². The summed E-state index contributed by atoms with van der Waals surface area (Å²) in [5.41, 5.74) is 5.39. The second-order valence-corrected chi connectivity index (χ2v) is 3.54. The average molecular weight is 223 g/mol. The summed E-state index contributed by atoms with van der Waals surface area (Å²) in [7, 11) is 0. The van der Waals surface area contributed by atoms with E-state index in [1.54, 1.807) is 0 Å². The Hall–Kier alpha value is -0.980. The number of alkyl halides is 3. The molecule has 1 rings (SSSR count). The van der Waals surface area contributed by atoms with Crippen LogP contribution < -0.4 is 5.73 Å². The zero-order valence-corrected chi connectivity index (χ0v) is 7.90. The lowest BCUT2D eigenvalue weighted by Crippen LogP contribution is -2.08. The molecule has 0 saturated carbocycles. The molecule has 0 aliphatic heterocycles. The molecule has 0 aliphatic rings. The van der Waals surface area contributed by atoms with Crippen LogP contribution in [-0.4, -0.2) is 21.9 Å². The third-order valence-corrected chi connectivity index (χ3v) is 2.31. The normalized spacial score (nSPS) is 11.6. The van der Waals surface area contributed by atoms with Crippen molar-refractivity contribution >= 4 is 17.6 Å². The topological polar surface area (TPSA) is 51.8 Å². The quantitative estimate of drug-likeness (QED) is 0.797. The minimum Gasteiger partial charge on any atom is -0.381 e. The Balaban J connectivity index is 2.43. The Labute approximate surface area is 82.9 Å². The van der Waals surface area contributed by atoms with E-state index < -0.39 is 12.6 Å². The van der Waals surface area contributed by atoms with Gasteiger partial charge >= 0.3 is 6.18 Å². The molecule has 14 heavy (non-hydrogen) atoms. The van der Waals surface area contributed by atoms with Gasteiger partial charge in [0.15, 0.2) is 5.82 Å². The molecule has 78 valence electrons. The zero-order valence-electron chi connectivity index (χ0n) is 7.08.